The highest BCUT2D eigenvalue weighted by Crippen LogP contribution is 2.27. The second-order valence-corrected chi connectivity index (χ2v) is 5.53. The lowest BCUT2D eigenvalue weighted by Gasteiger charge is -2.28. The van der Waals surface area contributed by atoms with Crippen molar-refractivity contribution in [3.05, 3.63) is 52.3 Å². The largest absolute Gasteiger partial charge is 0.281 e. The number of hydrogen-bond acceptors (Lipinski definition) is 3. The fourth-order valence-electron chi connectivity index (χ4n) is 2.50. The van der Waals surface area contributed by atoms with Crippen molar-refractivity contribution in [3.63, 3.8) is 0 Å². The van der Waals surface area contributed by atoms with Crippen LogP contribution in [0, 0.1) is 6.92 Å². The van der Waals surface area contributed by atoms with E-state index in [9.17, 15) is 4.79 Å². The molecule has 0 bridgehead atoms. The maximum absolute atomic E-state index is 12.8. The van der Waals surface area contributed by atoms with Crippen LogP contribution in [0.1, 0.15) is 41.0 Å². The quantitative estimate of drug-likeness (QED) is 0.791. The van der Waals surface area contributed by atoms with Crippen molar-refractivity contribution in [2.45, 2.75) is 26.3 Å². The molecule has 1 heterocycles. The van der Waals surface area contributed by atoms with Crippen LogP contribution < -0.4 is 0 Å². The minimum atomic E-state index is -0.199. The molecule has 1 unspecified atom stereocenters. The van der Waals surface area contributed by atoms with Gasteiger partial charge in [0.1, 0.15) is 0 Å². The zero-order valence-electron chi connectivity index (χ0n) is 13.2. The van der Waals surface area contributed by atoms with Crippen LogP contribution in [-0.4, -0.2) is 27.9 Å². The van der Waals surface area contributed by atoms with Gasteiger partial charge in [0.25, 0.3) is 5.91 Å². The number of hydroxylamine groups is 2. The van der Waals surface area contributed by atoms with Gasteiger partial charge in [0.05, 0.1) is 24.4 Å². The number of hydrogen-bond donors (Lipinski definition) is 0. The van der Waals surface area contributed by atoms with Crippen LogP contribution in [0.25, 0.3) is 0 Å². The highest BCUT2D eigenvalue weighted by atomic mass is 35.5. The Balaban J connectivity index is 2.34. The standard InChI is InChI=1S/C16H20ClN3O2/c1-5-15(12-6-8-13(17)9-7-12)20(22-4)16(21)14-10-19(3)18-11(14)2/h6-10,15H,5H2,1-4H3. The number of amides is 1. The summed E-state index contributed by atoms with van der Waals surface area (Å²) in [5, 5.41) is 6.27. The molecule has 0 aliphatic rings. The van der Waals surface area contributed by atoms with Crippen molar-refractivity contribution in [2.24, 2.45) is 7.05 Å². The molecule has 1 aromatic carbocycles. The van der Waals surface area contributed by atoms with E-state index in [4.69, 9.17) is 16.4 Å². The summed E-state index contributed by atoms with van der Waals surface area (Å²) in [5.41, 5.74) is 2.20. The Kier molecular flexibility index (Phi) is 5.21. The van der Waals surface area contributed by atoms with E-state index in [-0.39, 0.29) is 11.9 Å². The molecule has 1 atom stereocenters. The third-order valence-corrected chi connectivity index (χ3v) is 3.82. The van der Waals surface area contributed by atoms with Crippen molar-refractivity contribution in [3.8, 4) is 0 Å². The summed E-state index contributed by atoms with van der Waals surface area (Å²) >= 11 is 5.93. The van der Waals surface area contributed by atoms with Crippen molar-refractivity contribution < 1.29 is 9.63 Å². The summed E-state index contributed by atoms with van der Waals surface area (Å²) in [7, 11) is 3.29. The molecular weight excluding hydrogens is 302 g/mol. The summed E-state index contributed by atoms with van der Waals surface area (Å²) in [4.78, 5) is 18.2. The van der Waals surface area contributed by atoms with Gasteiger partial charge in [0, 0.05) is 18.3 Å². The molecule has 0 aliphatic heterocycles. The Morgan fingerprint density at radius 3 is 2.50 bits per heavy atom. The fourth-order valence-corrected chi connectivity index (χ4v) is 2.63. The molecule has 1 aromatic heterocycles. The maximum Gasteiger partial charge on any atom is 0.281 e. The molecule has 0 N–H and O–H groups in total. The van der Waals surface area contributed by atoms with E-state index in [0.29, 0.717) is 16.3 Å². The van der Waals surface area contributed by atoms with Crippen LogP contribution in [0.3, 0.4) is 0 Å². The molecule has 5 nitrogen and oxygen atoms in total. The molecule has 0 spiro atoms. The number of carbonyl (C=O) groups is 1. The predicted octanol–water partition coefficient (Wildman–Crippen LogP) is 3.54. The van der Waals surface area contributed by atoms with Crippen molar-refractivity contribution in [1.82, 2.24) is 14.8 Å². The molecule has 0 saturated carbocycles. The first-order chi connectivity index (χ1) is 10.5. The molecule has 2 rings (SSSR count). The minimum absolute atomic E-state index is 0.186. The third kappa shape index (κ3) is 3.31. The second kappa shape index (κ2) is 6.94. The van der Waals surface area contributed by atoms with Gasteiger partial charge in [-0.15, -0.1) is 0 Å². The van der Waals surface area contributed by atoms with E-state index in [1.165, 1.54) is 12.2 Å². The normalized spacial score (nSPS) is 12.2. The highest BCUT2D eigenvalue weighted by molar-refractivity contribution is 6.30. The number of rotatable bonds is 5. The van der Waals surface area contributed by atoms with Gasteiger partial charge in [-0.25, -0.2) is 5.06 Å². The average molecular weight is 322 g/mol. The molecule has 118 valence electrons. The van der Waals surface area contributed by atoms with Crippen LogP contribution in [0.5, 0.6) is 0 Å². The first-order valence-electron chi connectivity index (χ1n) is 7.11. The average Bonchev–Trinajstić information content (AvgIpc) is 2.84. The highest BCUT2D eigenvalue weighted by Gasteiger charge is 2.27. The number of carbonyl (C=O) groups excluding carboxylic acids is 1. The van der Waals surface area contributed by atoms with Gasteiger partial charge in [0.2, 0.25) is 0 Å². The van der Waals surface area contributed by atoms with E-state index in [1.807, 2.05) is 38.1 Å². The predicted molar refractivity (Wildman–Crippen MR) is 85.6 cm³/mol. The Bertz CT molecular complexity index is 652. The van der Waals surface area contributed by atoms with Gasteiger partial charge in [0.15, 0.2) is 0 Å². The first-order valence-corrected chi connectivity index (χ1v) is 7.49. The van der Waals surface area contributed by atoms with Crippen LogP contribution in [0.4, 0.5) is 0 Å². The minimum Gasteiger partial charge on any atom is -0.275 e. The number of halogens is 1. The summed E-state index contributed by atoms with van der Waals surface area (Å²) in [5.74, 6) is -0.199. The van der Waals surface area contributed by atoms with E-state index < -0.39 is 0 Å². The zero-order chi connectivity index (χ0) is 16.3. The van der Waals surface area contributed by atoms with Crippen LogP contribution in [0.2, 0.25) is 5.02 Å². The number of benzene rings is 1. The van der Waals surface area contributed by atoms with Gasteiger partial charge in [-0.05, 0) is 31.0 Å². The molecule has 0 fully saturated rings. The van der Waals surface area contributed by atoms with E-state index in [2.05, 4.69) is 5.10 Å². The molecule has 0 aliphatic carbocycles. The first kappa shape index (κ1) is 16.5. The van der Waals surface area contributed by atoms with E-state index in [0.717, 1.165) is 12.0 Å². The summed E-state index contributed by atoms with van der Waals surface area (Å²) in [6, 6.07) is 7.26. The van der Waals surface area contributed by atoms with Gasteiger partial charge < -0.3 is 0 Å². The molecule has 0 radical (unpaired) electrons. The lowest BCUT2D eigenvalue weighted by molar-refractivity contribution is -0.125. The van der Waals surface area contributed by atoms with Crippen LogP contribution in [-0.2, 0) is 11.9 Å². The summed E-state index contributed by atoms with van der Waals surface area (Å²) in [6.07, 6.45) is 2.43. The zero-order valence-corrected chi connectivity index (χ0v) is 14.0. The molecule has 6 heteroatoms. The van der Waals surface area contributed by atoms with Crippen molar-refractivity contribution in [2.75, 3.05) is 7.11 Å². The Hall–Kier alpha value is -1.85. The molecule has 2 aromatic rings. The lowest BCUT2D eigenvalue weighted by atomic mass is 10.0. The van der Waals surface area contributed by atoms with Gasteiger partial charge >= 0.3 is 0 Å². The molecule has 0 saturated heterocycles. The van der Waals surface area contributed by atoms with E-state index >= 15 is 0 Å². The van der Waals surface area contributed by atoms with Gasteiger partial charge in [-0.2, -0.15) is 5.10 Å². The van der Waals surface area contributed by atoms with Crippen LogP contribution >= 0.6 is 11.6 Å². The molecule has 1 amide bonds. The van der Waals surface area contributed by atoms with E-state index in [1.54, 1.807) is 17.9 Å². The van der Waals surface area contributed by atoms with Crippen LogP contribution in [0.15, 0.2) is 30.5 Å². The van der Waals surface area contributed by atoms with Gasteiger partial charge in [-0.1, -0.05) is 30.7 Å². The fraction of sp³-hybridized carbons (Fsp3) is 0.375. The Labute approximate surface area is 135 Å². The molecule has 22 heavy (non-hydrogen) atoms. The number of aromatic nitrogens is 2. The SMILES string of the molecule is CCC(c1ccc(Cl)cc1)N(OC)C(=O)c1cn(C)nc1C. The Morgan fingerprint density at radius 2 is 2.05 bits per heavy atom. The van der Waals surface area contributed by atoms with Crippen molar-refractivity contribution in [1.29, 1.82) is 0 Å². The Morgan fingerprint density at radius 1 is 1.41 bits per heavy atom. The topological polar surface area (TPSA) is 47.4 Å². The smallest absolute Gasteiger partial charge is 0.275 e. The molecular formula is C16H20ClN3O2. The third-order valence-electron chi connectivity index (χ3n) is 3.57. The number of nitrogens with zero attached hydrogens (tertiary/aromatic N) is 3. The van der Waals surface area contributed by atoms with Gasteiger partial charge in [-0.3, -0.25) is 14.3 Å². The van der Waals surface area contributed by atoms with Crippen molar-refractivity contribution >= 4 is 17.5 Å². The summed E-state index contributed by atoms with van der Waals surface area (Å²) < 4.78 is 1.62. The lowest BCUT2D eigenvalue weighted by Crippen LogP contribution is -2.34. The number of aryl methyl sites for hydroxylation is 2. The second-order valence-electron chi connectivity index (χ2n) is 5.09. The monoisotopic (exact) mass is 321 g/mol. The summed E-state index contributed by atoms with van der Waals surface area (Å²) in [6.45, 7) is 3.82. The maximum atomic E-state index is 12.8.